The molecule has 3 heterocycles. The standard InChI is InChI=1S/C17H27N3O2S/c1-2-22-17(21)15-12-23-16(19-15)14-5-8-20(9-6-14)11-13-4-3-7-18-10-13/h12-14,18H,2-11H2,1H3. The maximum atomic E-state index is 11.7. The van der Waals surface area contributed by atoms with Crippen molar-refractivity contribution in [3.8, 4) is 0 Å². The van der Waals surface area contributed by atoms with Gasteiger partial charge in [0.05, 0.1) is 11.6 Å². The van der Waals surface area contributed by atoms with Gasteiger partial charge in [-0.2, -0.15) is 0 Å². The number of hydrogen-bond donors (Lipinski definition) is 1. The van der Waals surface area contributed by atoms with E-state index in [0.717, 1.165) is 36.9 Å². The molecule has 1 unspecified atom stereocenters. The highest BCUT2D eigenvalue weighted by atomic mass is 32.1. The van der Waals surface area contributed by atoms with Crippen molar-refractivity contribution < 1.29 is 9.53 Å². The molecule has 2 fully saturated rings. The number of nitrogens with one attached hydrogen (secondary N) is 1. The van der Waals surface area contributed by atoms with E-state index < -0.39 is 0 Å². The normalized spacial score (nSPS) is 23.8. The molecule has 1 N–H and O–H groups in total. The molecule has 0 spiro atoms. The van der Waals surface area contributed by atoms with Gasteiger partial charge < -0.3 is 15.0 Å². The fraction of sp³-hybridized carbons (Fsp3) is 0.765. The van der Waals surface area contributed by atoms with Crippen molar-refractivity contribution >= 4 is 17.3 Å². The number of esters is 1. The maximum Gasteiger partial charge on any atom is 0.357 e. The Morgan fingerprint density at radius 2 is 2.26 bits per heavy atom. The van der Waals surface area contributed by atoms with Crippen LogP contribution in [0.4, 0.5) is 0 Å². The molecule has 0 bridgehead atoms. The van der Waals surface area contributed by atoms with E-state index in [0.29, 0.717) is 18.2 Å². The SMILES string of the molecule is CCOC(=O)c1csc(C2CCN(CC3CCCNC3)CC2)n1. The summed E-state index contributed by atoms with van der Waals surface area (Å²) in [5.41, 5.74) is 0.475. The lowest BCUT2D eigenvalue weighted by atomic mass is 9.94. The number of carbonyl (C=O) groups excluding carboxylic acids is 1. The average Bonchev–Trinajstić information content (AvgIpc) is 3.07. The molecule has 0 amide bonds. The van der Waals surface area contributed by atoms with Gasteiger partial charge in [0.1, 0.15) is 0 Å². The quantitative estimate of drug-likeness (QED) is 0.837. The molecule has 2 aliphatic heterocycles. The topological polar surface area (TPSA) is 54.5 Å². The van der Waals surface area contributed by atoms with Gasteiger partial charge in [-0.1, -0.05) is 0 Å². The smallest absolute Gasteiger partial charge is 0.357 e. The molecule has 0 saturated carbocycles. The summed E-state index contributed by atoms with van der Waals surface area (Å²) in [4.78, 5) is 18.8. The minimum Gasteiger partial charge on any atom is -0.461 e. The van der Waals surface area contributed by atoms with Gasteiger partial charge in [0.2, 0.25) is 0 Å². The summed E-state index contributed by atoms with van der Waals surface area (Å²) in [5.74, 6) is 1.02. The zero-order chi connectivity index (χ0) is 16.1. The van der Waals surface area contributed by atoms with Gasteiger partial charge in [0, 0.05) is 17.8 Å². The zero-order valence-electron chi connectivity index (χ0n) is 13.9. The van der Waals surface area contributed by atoms with Crippen molar-refractivity contribution in [3.63, 3.8) is 0 Å². The lowest BCUT2D eigenvalue weighted by Gasteiger charge is -2.34. The predicted molar refractivity (Wildman–Crippen MR) is 92.1 cm³/mol. The Kier molecular flexibility index (Phi) is 6.02. The number of carbonyl (C=O) groups is 1. The van der Waals surface area contributed by atoms with Crippen LogP contribution < -0.4 is 5.32 Å². The number of likely N-dealkylation sites (tertiary alicyclic amines) is 1. The summed E-state index contributed by atoms with van der Waals surface area (Å²) in [6.45, 7) is 8.11. The van der Waals surface area contributed by atoms with E-state index in [2.05, 4.69) is 15.2 Å². The zero-order valence-corrected chi connectivity index (χ0v) is 14.7. The molecule has 6 heteroatoms. The van der Waals surface area contributed by atoms with Gasteiger partial charge in [-0.3, -0.25) is 0 Å². The van der Waals surface area contributed by atoms with Crippen molar-refractivity contribution in [3.05, 3.63) is 16.1 Å². The van der Waals surface area contributed by atoms with Gasteiger partial charge >= 0.3 is 5.97 Å². The summed E-state index contributed by atoms with van der Waals surface area (Å²) in [5, 5.41) is 6.45. The largest absolute Gasteiger partial charge is 0.461 e. The van der Waals surface area contributed by atoms with Crippen LogP contribution in [0, 0.1) is 5.92 Å². The highest BCUT2D eigenvalue weighted by Gasteiger charge is 2.26. The maximum absolute atomic E-state index is 11.7. The highest BCUT2D eigenvalue weighted by Crippen LogP contribution is 2.31. The van der Waals surface area contributed by atoms with Gasteiger partial charge in [0.15, 0.2) is 5.69 Å². The molecule has 0 aromatic carbocycles. The third kappa shape index (κ3) is 4.52. The molecule has 1 aromatic heterocycles. The third-order valence-corrected chi connectivity index (χ3v) is 5.87. The van der Waals surface area contributed by atoms with Gasteiger partial charge in [-0.15, -0.1) is 11.3 Å². The van der Waals surface area contributed by atoms with E-state index in [-0.39, 0.29) is 5.97 Å². The Hall–Kier alpha value is -0.980. The van der Waals surface area contributed by atoms with Gasteiger partial charge in [-0.25, -0.2) is 9.78 Å². The first-order valence-corrected chi connectivity index (χ1v) is 9.70. The Labute approximate surface area is 142 Å². The summed E-state index contributed by atoms with van der Waals surface area (Å²) in [6.07, 6.45) is 4.98. The molecule has 3 rings (SSSR count). The minimum atomic E-state index is -0.294. The number of aromatic nitrogens is 1. The first-order valence-electron chi connectivity index (χ1n) is 8.82. The van der Waals surface area contributed by atoms with Crippen LogP contribution in [0.2, 0.25) is 0 Å². The molecule has 2 aliphatic rings. The minimum absolute atomic E-state index is 0.294. The molecule has 1 atom stereocenters. The molecule has 0 aliphatic carbocycles. The van der Waals surface area contributed by atoms with E-state index in [4.69, 9.17) is 4.74 Å². The molecule has 1 aromatic rings. The monoisotopic (exact) mass is 337 g/mol. The third-order valence-electron chi connectivity index (χ3n) is 4.86. The molecule has 5 nitrogen and oxygen atoms in total. The van der Waals surface area contributed by atoms with Crippen LogP contribution in [-0.4, -0.2) is 55.2 Å². The number of thiazole rings is 1. The Morgan fingerprint density at radius 1 is 1.43 bits per heavy atom. The van der Waals surface area contributed by atoms with E-state index in [1.807, 2.05) is 12.3 Å². The Balaban J connectivity index is 1.47. The second kappa shape index (κ2) is 8.22. The van der Waals surface area contributed by atoms with Crippen LogP contribution in [0.3, 0.4) is 0 Å². The molecule has 23 heavy (non-hydrogen) atoms. The number of piperidine rings is 2. The summed E-state index contributed by atoms with van der Waals surface area (Å²) in [6, 6.07) is 0. The lowest BCUT2D eigenvalue weighted by molar-refractivity contribution is 0.0520. The number of hydrogen-bond acceptors (Lipinski definition) is 6. The van der Waals surface area contributed by atoms with Crippen LogP contribution >= 0.6 is 11.3 Å². The lowest BCUT2D eigenvalue weighted by Crippen LogP contribution is -2.41. The number of rotatable bonds is 5. The van der Waals surface area contributed by atoms with Gasteiger partial charge in [-0.05, 0) is 64.7 Å². The van der Waals surface area contributed by atoms with Crippen molar-refractivity contribution in [2.45, 2.75) is 38.5 Å². The summed E-state index contributed by atoms with van der Waals surface area (Å²) in [7, 11) is 0. The molecule has 2 saturated heterocycles. The van der Waals surface area contributed by atoms with Crippen LogP contribution in [0.15, 0.2) is 5.38 Å². The summed E-state index contributed by atoms with van der Waals surface area (Å²) >= 11 is 1.61. The Bertz CT molecular complexity index is 506. The molecule has 128 valence electrons. The number of ether oxygens (including phenoxy) is 1. The Morgan fingerprint density at radius 3 is 2.96 bits per heavy atom. The first-order chi connectivity index (χ1) is 11.3. The predicted octanol–water partition coefficient (Wildman–Crippen LogP) is 2.50. The van der Waals surface area contributed by atoms with E-state index >= 15 is 0 Å². The first kappa shape index (κ1) is 16.9. The fourth-order valence-electron chi connectivity index (χ4n) is 3.58. The van der Waals surface area contributed by atoms with Crippen molar-refractivity contribution in [2.24, 2.45) is 5.92 Å². The molecular formula is C17H27N3O2S. The van der Waals surface area contributed by atoms with Crippen LogP contribution in [0.1, 0.15) is 54.0 Å². The van der Waals surface area contributed by atoms with Crippen LogP contribution in [-0.2, 0) is 4.74 Å². The second-order valence-electron chi connectivity index (χ2n) is 6.58. The van der Waals surface area contributed by atoms with Gasteiger partial charge in [0.25, 0.3) is 0 Å². The summed E-state index contributed by atoms with van der Waals surface area (Å²) < 4.78 is 5.02. The van der Waals surface area contributed by atoms with E-state index in [9.17, 15) is 4.79 Å². The molecular weight excluding hydrogens is 310 g/mol. The van der Waals surface area contributed by atoms with Crippen molar-refractivity contribution in [1.82, 2.24) is 15.2 Å². The van der Waals surface area contributed by atoms with Crippen molar-refractivity contribution in [1.29, 1.82) is 0 Å². The second-order valence-corrected chi connectivity index (χ2v) is 7.47. The fourth-order valence-corrected chi connectivity index (χ4v) is 4.54. The molecule has 0 radical (unpaired) electrons. The van der Waals surface area contributed by atoms with Crippen LogP contribution in [0.5, 0.6) is 0 Å². The van der Waals surface area contributed by atoms with E-state index in [1.165, 1.54) is 32.5 Å². The van der Waals surface area contributed by atoms with Crippen molar-refractivity contribution in [2.75, 3.05) is 39.3 Å². The van der Waals surface area contributed by atoms with Crippen LogP contribution in [0.25, 0.3) is 0 Å². The highest BCUT2D eigenvalue weighted by molar-refractivity contribution is 7.09. The van der Waals surface area contributed by atoms with E-state index in [1.54, 1.807) is 11.3 Å². The number of nitrogens with zero attached hydrogens (tertiary/aromatic N) is 2. The average molecular weight is 337 g/mol.